The quantitative estimate of drug-likeness (QED) is 0.603. The summed E-state index contributed by atoms with van der Waals surface area (Å²) in [5, 5.41) is 6.88. The lowest BCUT2D eigenvalue weighted by Gasteiger charge is -2.29. The van der Waals surface area contributed by atoms with Crippen LogP contribution in [0.15, 0.2) is 30.9 Å². The maximum absolute atomic E-state index is 6.31. The average molecular weight is 381 g/mol. The fraction of sp³-hybridized carbons (Fsp3) is 0.500. The van der Waals surface area contributed by atoms with Crippen LogP contribution in [0.5, 0.6) is 0 Å². The van der Waals surface area contributed by atoms with Gasteiger partial charge >= 0.3 is 0 Å². The molecular weight excluding hydrogens is 352 g/mol. The molecule has 28 heavy (non-hydrogen) atoms. The van der Waals surface area contributed by atoms with Crippen molar-refractivity contribution >= 4 is 22.9 Å². The Hall–Kier alpha value is -2.74. The maximum Gasteiger partial charge on any atom is 0.227 e. The van der Waals surface area contributed by atoms with Gasteiger partial charge in [0.05, 0.1) is 6.33 Å². The van der Waals surface area contributed by atoms with Crippen LogP contribution >= 0.6 is 0 Å². The Morgan fingerprint density at radius 2 is 2.11 bits per heavy atom. The number of hydrogen-bond acceptors (Lipinski definition) is 7. The van der Waals surface area contributed by atoms with Gasteiger partial charge in [-0.05, 0) is 38.3 Å². The van der Waals surface area contributed by atoms with E-state index in [9.17, 15) is 0 Å². The van der Waals surface area contributed by atoms with Crippen LogP contribution in [0.1, 0.15) is 51.1 Å². The van der Waals surface area contributed by atoms with E-state index in [0.29, 0.717) is 12.5 Å². The van der Waals surface area contributed by atoms with Gasteiger partial charge < -0.3 is 20.9 Å². The lowest BCUT2D eigenvalue weighted by molar-refractivity contribution is 0.402. The summed E-state index contributed by atoms with van der Waals surface area (Å²) < 4.78 is 2.07. The van der Waals surface area contributed by atoms with Crippen molar-refractivity contribution < 1.29 is 0 Å². The fourth-order valence-electron chi connectivity index (χ4n) is 3.68. The second-order valence-corrected chi connectivity index (χ2v) is 7.73. The van der Waals surface area contributed by atoms with Gasteiger partial charge in [-0.15, -0.1) is 0 Å². The van der Waals surface area contributed by atoms with Crippen molar-refractivity contribution in [3.05, 3.63) is 36.4 Å². The number of pyridine rings is 1. The first-order valence-corrected chi connectivity index (χ1v) is 10.0. The van der Waals surface area contributed by atoms with Crippen LogP contribution in [0.25, 0.3) is 11.2 Å². The number of anilines is 2. The van der Waals surface area contributed by atoms with Crippen molar-refractivity contribution in [2.45, 2.75) is 64.2 Å². The molecule has 1 fully saturated rings. The molecule has 2 unspecified atom stereocenters. The molecule has 0 spiro atoms. The standard InChI is InChI=1S/C20H28N8/c1-13(2)28-12-24-17-18(23-11-14-6-5-9-22-10-14)26-20(27-19(17)28)25-16-8-4-3-7-15(16)21/h5-6,9-10,12-13,15-16H,3-4,7-8,11,21H2,1-2H3,(H2,23,25,26,27). The minimum Gasteiger partial charge on any atom is -0.364 e. The van der Waals surface area contributed by atoms with Gasteiger partial charge in [-0.3, -0.25) is 4.98 Å². The SMILES string of the molecule is CC(C)n1cnc2c(NCc3cccnc3)nc(NC3CCCCC3N)nc21. The lowest BCUT2D eigenvalue weighted by Crippen LogP contribution is -2.43. The Morgan fingerprint density at radius 1 is 1.25 bits per heavy atom. The van der Waals surface area contributed by atoms with Crippen molar-refractivity contribution in [2.24, 2.45) is 5.73 Å². The normalized spacial score (nSPS) is 19.9. The Kier molecular flexibility index (Phi) is 5.38. The second kappa shape index (κ2) is 8.10. The molecule has 3 heterocycles. The van der Waals surface area contributed by atoms with E-state index in [0.717, 1.165) is 35.4 Å². The van der Waals surface area contributed by atoms with Gasteiger partial charge in [0.25, 0.3) is 0 Å². The van der Waals surface area contributed by atoms with Gasteiger partial charge in [-0.25, -0.2) is 4.98 Å². The molecule has 1 aliphatic rings. The number of rotatable bonds is 6. The zero-order chi connectivity index (χ0) is 19.5. The van der Waals surface area contributed by atoms with Crippen LogP contribution in [0, 0.1) is 0 Å². The van der Waals surface area contributed by atoms with E-state index in [-0.39, 0.29) is 18.1 Å². The van der Waals surface area contributed by atoms with Crippen LogP contribution in [-0.2, 0) is 6.54 Å². The molecule has 4 N–H and O–H groups in total. The molecule has 1 aliphatic carbocycles. The summed E-state index contributed by atoms with van der Waals surface area (Å²) in [6, 6.07) is 4.56. The molecule has 0 bridgehead atoms. The van der Waals surface area contributed by atoms with Gasteiger partial charge in [0.2, 0.25) is 5.95 Å². The van der Waals surface area contributed by atoms with Crippen LogP contribution in [-0.4, -0.2) is 36.6 Å². The topological polar surface area (TPSA) is 107 Å². The number of fused-ring (bicyclic) bond motifs is 1. The van der Waals surface area contributed by atoms with Crippen LogP contribution in [0.3, 0.4) is 0 Å². The molecule has 0 aromatic carbocycles. The van der Waals surface area contributed by atoms with Crippen LogP contribution in [0.2, 0.25) is 0 Å². The first-order chi connectivity index (χ1) is 13.6. The van der Waals surface area contributed by atoms with E-state index in [1.54, 1.807) is 6.20 Å². The smallest absolute Gasteiger partial charge is 0.227 e. The summed E-state index contributed by atoms with van der Waals surface area (Å²) in [6.07, 6.45) is 9.90. The van der Waals surface area contributed by atoms with E-state index in [4.69, 9.17) is 15.7 Å². The molecule has 2 atom stereocenters. The molecule has 8 heteroatoms. The van der Waals surface area contributed by atoms with Crippen molar-refractivity contribution in [2.75, 3.05) is 10.6 Å². The Morgan fingerprint density at radius 3 is 2.86 bits per heavy atom. The molecule has 0 amide bonds. The van der Waals surface area contributed by atoms with Crippen LogP contribution in [0.4, 0.5) is 11.8 Å². The molecule has 0 saturated heterocycles. The van der Waals surface area contributed by atoms with Crippen molar-refractivity contribution in [3.8, 4) is 0 Å². The number of aromatic nitrogens is 5. The van der Waals surface area contributed by atoms with Crippen molar-refractivity contribution in [3.63, 3.8) is 0 Å². The molecule has 3 aromatic heterocycles. The molecule has 3 aromatic rings. The highest BCUT2D eigenvalue weighted by atomic mass is 15.2. The highest BCUT2D eigenvalue weighted by Gasteiger charge is 2.23. The Balaban J connectivity index is 1.65. The van der Waals surface area contributed by atoms with Crippen molar-refractivity contribution in [1.82, 2.24) is 24.5 Å². The first kappa shape index (κ1) is 18.6. The monoisotopic (exact) mass is 380 g/mol. The molecule has 8 nitrogen and oxygen atoms in total. The van der Waals surface area contributed by atoms with E-state index in [2.05, 4.69) is 39.0 Å². The predicted octanol–water partition coefficient (Wildman–Crippen LogP) is 3.10. The van der Waals surface area contributed by atoms with Crippen molar-refractivity contribution in [1.29, 1.82) is 0 Å². The van der Waals surface area contributed by atoms with E-state index >= 15 is 0 Å². The largest absolute Gasteiger partial charge is 0.364 e. The number of imidazole rings is 1. The molecule has 1 saturated carbocycles. The lowest BCUT2D eigenvalue weighted by atomic mass is 9.91. The summed E-state index contributed by atoms with van der Waals surface area (Å²) in [5.74, 6) is 1.33. The Labute approximate surface area is 165 Å². The van der Waals surface area contributed by atoms with E-state index < -0.39 is 0 Å². The minimum atomic E-state index is 0.134. The van der Waals surface area contributed by atoms with Gasteiger partial charge in [-0.2, -0.15) is 9.97 Å². The fourth-order valence-corrected chi connectivity index (χ4v) is 3.68. The van der Waals surface area contributed by atoms with Gasteiger partial charge in [0.15, 0.2) is 17.0 Å². The Bertz CT molecular complexity index is 921. The predicted molar refractivity (Wildman–Crippen MR) is 111 cm³/mol. The summed E-state index contributed by atoms with van der Waals surface area (Å²) in [5.41, 5.74) is 9.00. The van der Waals surface area contributed by atoms with E-state index in [1.165, 1.54) is 12.8 Å². The minimum absolute atomic E-state index is 0.134. The molecule has 0 aliphatic heterocycles. The van der Waals surface area contributed by atoms with E-state index in [1.807, 2.05) is 24.7 Å². The summed E-state index contributed by atoms with van der Waals surface area (Å²) >= 11 is 0. The molecule has 4 rings (SSSR count). The number of nitrogens with one attached hydrogen (secondary N) is 2. The highest BCUT2D eigenvalue weighted by Crippen LogP contribution is 2.26. The summed E-state index contributed by atoms with van der Waals surface area (Å²) in [7, 11) is 0. The first-order valence-electron chi connectivity index (χ1n) is 10.0. The number of nitrogens with zero attached hydrogens (tertiary/aromatic N) is 5. The average Bonchev–Trinajstić information content (AvgIpc) is 3.13. The maximum atomic E-state index is 6.31. The zero-order valence-corrected chi connectivity index (χ0v) is 16.5. The number of nitrogens with two attached hydrogens (primary N) is 1. The molecule has 148 valence electrons. The van der Waals surface area contributed by atoms with Gasteiger partial charge in [0.1, 0.15) is 0 Å². The third kappa shape index (κ3) is 3.91. The van der Waals surface area contributed by atoms with Crippen LogP contribution < -0.4 is 16.4 Å². The molecule has 0 radical (unpaired) electrons. The summed E-state index contributed by atoms with van der Waals surface area (Å²) in [6.45, 7) is 4.86. The summed E-state index contributed by atoms with van der Waals surface area (Å²) in [4.78, 5) is 18.2. The zero-order valence-electron chi connectivity index (χ0n) is 16.5. The highest BCUT2D eigenvalue weighted by molar-refractivity contribution is 5.84. The number of hydrogen-bond donors (Lipinski definition) is 3. The third-order valence-corrected chi connectivity index (χ3v) is 5.29. The molecular formula is C20H28N8. The third-order valence-electron chi connectivity index (χ3n) is 5.29. The van der Waals surface area contributed by atoms with Gasteiger partial charge in [0, 0.05) is 37.1 Å². The second-order valence-electron chi connectivity index (χ2n) is 7.73. The van der Waals surface area contributed by atoms with Gasteiger partial charge in [-0.1, -0.05) is 18.9 Å².